The molecule has 1 saturated carbocycles. The minimum Gasteiger partial charge on any atom is -0.494 e. The van der Waals surface area contributed by atoms with Gasteiger partial charge in [-0.3, -0.25) is 0 Å². The quantitative estimate of drug-likeness (QED) is 0.698. The second-order valence-electron chi connectivity index (χ2n) is 6.03. The molecule has 0 radical (unpaired) electrons. The van der Waals surface area contributed by atoms with E-state index in [2.05, 4.69) is 36.4 Å². The van der Waals surface area contributed by atoms with Crippen LogP contribution in [-0.4, -0.2) is 12.8 Å². The van der Waals surface area contributed by atoms with Gasteiger partial charge in [0.15, 0.2) is 0 Å². The fraction of sp³-hybridized carbons (Fsp3) is 0.400. The topological polar surface area (TPSA) is 9.23 Å². The van der Waals surface area contributed by atoms with E-state index in [0.717, 1.165) is 18.6 Å². The molecule has 0 aliphatic heterocycles. The van der Waals surface area contributed by atoms with Gasteiger partial charge in [-0.15, -0.1) is 0 Å². The summed E-state index contributed by atoms with van der Waals surface area (Å²) in [5.74, 6) is 1.44. The largest absolute Gasteiger partial charge is 0.494 e. The Kier molecular flexibility index (Phi) is 4.77. The zero-order chi connectivity index (χ0) is 15.4. The molecule has 0 atom stereocenters. The SMILES string of the molecule is CCOc1ccc(-c2ccc(C3CCC(F)CC3)cc2)cc1. The summed E-state index contributed by atoms with van der Waals surface area (Å²) in [6, 6.07) is 17.0. The molecule has 1 fully saturated rings. The monoisotopic (exact) mass is 298 g/mol. The van der Waals surface area contributed by atoms with Gasteiger partial charge in [-0.05, 0) is 67.3 Å². The first kappa shape index (κ1) is 15.1. The van der Waals surface area contributed by atoms with E-state index in [1.54, 1.807) is 0 Å². The zero-order valence-electron chi connectivity index (χ0n) is 13.1. The summed E-state index contributed by atoms with van der Waals surface area (Å²) >= 11 is 0. The molecule has 0 amide bonds. The summed E-state index contributed by atoms with van der Waals surface area (Å²) in [6.07, 6.45) is 2.79. The van der Waals surface area contributed by atoms with Crippen molar-refractivity contribution in [3.8, 4) is 16.9 Å². The van der Waals surface area contributed by atoms with Crippen LogP contribution in [0, 0.1) is 0 Å². The van der Waals surface area contributed by atoms with Crippen LogP contribution in [0.4, 0.5) is 4.39 Å². The molecule has 0 aromatic heterocycles. The molecule has 0 N–H and O–H groups in total. The van der Waals surface area contributed by atoms with E-state index in [9.17, 15) is 4.39 Å². The van der Waals surface area contributed by atoms with Crippen molar-refractivity contribution in [2.45, 2.75) is 44.7 Å². The number of halogens is 1. The second kappa shape index (κ2) is 6.95. The molecule has 116 valence electrons. The predicted octanol–water partition coefficient (Wildman–Crippen LogP) is 5.75. The van der Waals surface area contributed by atoms with E-state index in [1.807, 2.05) is 19.1 Å². The summed E-state index contributed by atoms with van der Waals surface area (Å²) in [5, 5.41) is 0. The fourth-order valence-corrected chi connectivity index (χ4v) is 3.24. The van der Waals surface area contributed by atoms with Crippen LogP contribution in [0.5, 0.6) is 5.75 Å². The highest BCUT2D eigenvalue weighted by Gasteiger charge is 2.21. The highest BCUT2D eigenvalue weighted by atomic mass is 19.1. The first-order valence-corrected chi connectivity index (χ1v) is 8.23. The lowest BCUT2D eigenvalue weighted by atomic mass is 9.83. The lowest BCUT2D eigenvalue weighted by Gasteiger charge is -2.24. The molecule has 2 heteroatoms. The van der Waals surface area contributed by atoms with Crippen LogP contribution in [0.1, 0.15) is 44.1 Å². The Morgan fingerprint density at radius 3 is 1.95 bits per heavy atom. The summed E-state index contributed by atoms with van der Waals surface area (Å²) in [6.45, 7) is 2.68. The van der Waals surface area contributed by atoms with Crippen LogP contribution in [0.2, 0.25) is 0 Å². The van der Waals surface area contributed by atoms with Crippen molar-refractivity contribution in [2.24, 2.45) is 0 Å². The standard InChI is InChI=1S/C20H23FO/c1-2-22-20-13-9-18(10-14-20)16-5-3-15(4-6-16)17-7-11-19(21)12-8-17/h3-6,9-10,13-14,17,19H,2,7-8,11-12H2,1H3. The van der Waals surface area contributed by atoms with Crippen LogP contribution in [0.3, 0.4) is 0 Å². The molecule has 22 heavy (non-hydrogen) atoms. The first-order valence-electron chi connectivity index (χ1n) is 8.23. The highest BCUT2D eigenvalue weighted by Crippen LogP contribution is 2.35. The lowest BCUT2D eigenvalue weighted by Crippen LogP contribution is -2.13. The molecular weight excluding hydrogens is 275 g/mol. The smallest absolute Gasteiger partial charge is 0.119 e. The molecular formula is C20H23FO. The van der Waals surface area contributed by atoms with Crippen molar-refractivity contribution in [3.63, 3.8) is 0 Å². The van der Waals surface area contributed by atoms with Gasteiger partial charge in [0.25, 0.3) is 0 Å². The number of hydrogen-bond acceptors (Lipinski definition) is 1. The van der Waals surface area contributed by atoms with E-state index in [1.165, 1.54) is 16.7 Å². The van der Waals surface area contributed by atoms with Gasteiger partial charge in [-0.2, -0.15) is 0 Å². The molecule has 0 spiro atoms. The van der Waals surface area contributed by atoms with Crippen molar-refractivity contribution in [2.75, 3.05) is 6.61 Å². The van der Waals surface area contributed by atoms with Crippen molar-refractivity contribution < 1.29 is 9.13 Å². The maximum absolute atomic E-state index is 13.2. The minimum absolute atomic E-state index is 0.529. The second-order valence-corrected chi connectivity index (χ2v) is 6.03. The lowest BCUT2D eigenvalue weighted by molar-refractivity contribution is 0.235. The minimum atomic E-state index is -0.584. The molecule has 0 heterocycles. The molecule has 0 unspecified atom stereocenters. The Hall–Kier alpha value is -1.83. The molecule has 0 bridgehead atoms. The third kappa shape index (κ3) is 3.49. The van der Waals surface area contributed by atoms with Gasteiger partial charge in [0, 0.05) is 0 Å². The van der Waals surface area contributed by atoms with Crippen LogP contribution >= 0.6 is 0 Å². The number of benzene rings is 2. The van der Waals surface area contributed by atoms with E-state index < -0.39 is 6.17 Å². The van der Waals surface area contributed by atoms with Gasteiger partial charge in [-0.25, -0.2) is 4.39 Å². The van der Waals surface area contributed by atoms with Gasteiger partial charge in [0.2, 0.25) is 0 Å². The third-order valence-corrected chi connectivity index (χ3v) is 4.54. The molecule has 1 aliphatic carbocycles. The van der Waals surface area contributed by atoms with Crippen LogP contribution in [0.15, 0.2) is 48.5 Å². The van der Waals surface area contributed by atoms with Crippen LogP contribution < -0.4 is 4.74 Å². The maximum Gasteiger partial charge on any atom is 0.119 e. The third-order valence-electron chi connectivity index (χ3n) is 4.54. The number of alkyl halides is 1. The van der Waals surface area contributed by atoms with Crippen molar-refractivity contribution in [3.05, 3.63) is 54.1 Å². The average molecular weight is 298 g/mol. The van der Waals surface area contributed by atoms with Crippen LogP contribution in [0.25, 0.3) is 11.1 Å². The van der Waals surface area contributed by atoms with Gasteiger partial charge in [0.05, 0.1) is 6.61 Å². The maximum atomic E-state index is 13.2. The number of ether oxygens (including phenoxy) is 1. The van der Waals surface area contributed by atoms with Gasteiger partial charge < -0.3 is 4.74 Å². The molecule has 3 rings (SSSR count). The predicted molar refractivity (Wildman–Crippen MR) is 89.2 cm³/mol. The average Bonchev–Trinajstić information content (AvgIpc) is 2.57. The first-order chi connectivity index (χ1) is 10.8. The Morgan fingerprint density at radius 2 is 1.41 bits per heavy atom. The summed E-state index contributed by atoms with van der Waals surface area (Å²) < 4.78 is 18.7. The number of rotatable bonds is 4. The Labute approximate surface area is 132 Å². The van der Waals surface area contributed by atoms with Crippen molar-refractivity contribution >= 4 is 0 Å². The summed E-state index contributed by atoms with van der Waals surface area (Å²) in [5.41, 5.74) is 3.76. The summed E-state index contributed by atoms with van der Waals surface area (Å²) in [7, 11) is 0. The zero-order valence-corrected chi connectivity index (χ0v) is 13.1. The van der Waals surface area contributed by atoms with E-state index in [0.29, 0.717) is 25.4 Å². The normalized spacial score (nSPS) is 21.5. The van der Waals surface area contributed by atoms with Crippen molar-refractivity contribution in [1.29, 1.82) is 0 Å². The van der Waals surface area contributed by atoms with Crippen molar-refractivity contribution in [1.82, 2.24) is 0 Å². The number of hydrogen-bond donors (Lipinski definition) is 0. The van der Waals surface area contributed by atoms with E-state index in [-0.39, 0.29) is 0 Å². The molecule has 2 aromatic carbocycles. The van der Waals surface area contributed by atoms with E-state index in [4.69, 9.17) is 4.74 Å². The Morgan fingerprint density at radius 1 is 0.864 bits per heavy atom. The Bertz CT molecular complexity index is 580. The fourth-order valence-electron chi connectivity index (χ4n) is 3.24. The molecule has 1 aliphatic rings. The van der Waals surface area contributed by atoms with Gasteiger partial charge in [-0.1, -0.05) is 36.4 Å². The van der Waals surface area contributed by atoms with Crippen LogP contribution in [-0.2, 0) is 0 Å². The molecule has 2 aromatic rings. The molecule has 0 saturated heterocycles. The Balaban J connectivity index is 1.70. The summed E-state index contributed by atoms with van der Waals surface area (Å²) in [4.78, 5) is 0. The van der Waals surface area contributed by atoms with Gasteiger partial charge >= 0.3 is 0 Å². The van der Waals surface area contributed by atoms with E-state index >= 15 is 0 Å². The van der Waals surface area contributed by atoms with Gasteiger partial charge in [0.1, 0.15) is 11.9 Å². The highest BCUT2D eigenvalue weighted by molar-refractivity contribution is 5.64. The molecule has 1 nitrogen and oxygen atoms in total.